The van der Waals surface area contributed by atoms with Crippen molar-refractivity contribution in [3.63, 3.8) is 0 Å². The van der Waals surface area contributed by atoms with Crippen LogP contribution in [0.3, 0.4) is 0 Å². The first-order valence-electron chi connectivity index (χ1n) is 4.67. The highest BCUT2D eigenvalue weighted by Gasteiger charge is 2.27. The number of piperidine rings is 1. The molecule has 1 aliphatic heterocycles. The lowest BCUT2D eigenvalue weighted by molar-refractivity contribution is -0.132. The number of amides is 2. The summed E-state index contributed by atoms with van der Waals surface area (Å²) in [7, 11) is 0. The summed E-state index contributed by atoms with van der Waals surface area (Å²) in [6, 6.07) is 5.56. The fourth-order valence-corrected chi connectivity index (χ4v) is 2.32. The number of hydrogen-bond donors (Lipinski definition) is 1. The lowest BCUT2D eigenvalue weighted by Gasteiger charge is -2.19. The van der Waals surface area contributed by atoms with Crippen LogP contribution in [0.15, 0.2) is 29.4 Å². The van der Waals surface area contributed by atoms with E-state index in [0.29, 0.717) is 12.8 Å². The average Bonchev–Trinajstić information content (AvgIpc) is 2.24. The van der Waals surface area contributed by atoms with Crippen molar-refractivity contribution in [3.05, 3.63) is 24.4 Å². The maximum atomic E-state index is 11.4. The van der Waals surface area contributed by atoms with E-state index in [1.54, 1.807) is 6.20 Å². The normalized spacial score (nSPS) is 21.2. The number of carbonyl (C=O) groups excluding carboxylic acids is 2. The molecule has 2 heterocycles. The molecule has 0 aliphatic carbocycles. The second kappa shape index (κ2) is 4.44. The standard InChI is InChI=1S/C10H10N2O2S/c13-8-5-4-7(10(14)12-8)15-9-3-1-2-6-11-9/h1-3,6-7H,4-5H2,(H,12,13,14). The molecule has 1 aromatic rings. The minimum Gasteiger partial charge on any atom is -0.295 e. The zero-order valence-corrected chi connectivity index (χ0v) is 8.79. The number of rotatable bonds is 2. The van der Waals surface area contributed by atoms with E-state index in [2.05, 4.69) is 10.3 Å². The van der Waals surface area contributed by atoms with E-state index in [9.17, 15) is 9.59 Å². The van der Waals surface area contributed by atoms with Crippen LogP contribution in [-0.4, -0.2) is 22.0 Å². The number of nitrogens with one attached hydrogen (secondary N) is 1. The molecule has 2 rings (SSSR count). The smallest absolute Gasteiger partial charge is 0.240 e. The van der Waals surface area contributed by atoms with Crippen LogP contribution in [0, 0.1) is 0 Å². The molecule has 1 N–H and O–H groups in total. The van der Waals surface area contributed by atoms with Crippen molar-refractivity contribution in [1.82, 2.24) is 10.3 Å². The number of nitrogens with zero attached hydrogens (tertiary/aromatic N) is 1. The average molecular weight is 222 g/mol. The molecule has 0 saturated carbocycles. The van der Waals surface area contributed by atoms with Crippen molar-refractivity contribution in [1.29, 1.82) is 0 Å². The van der Waals surface area contributed by atoms with Crippen molar-refractivity contribution in [2.24, 2.45) is 0 Å². The van der Waals surface area contributed by atoms with Crippen molar-refractivity contribution < 1.29 is 9.59 Å². The molecule has 2 amide bonds. The fourth-order valence-electron chi connectivity index (χ4n) is 1.35. The van der Waals surface area contributed by atoms with Gasteiger partial charge in [0.15, 0.2) is 0 Å². The zero-order chi connectivity index (χ0) is 10.7. The van der Waals surface area contributed by atoms with E-state index in [4.69, 9.17) is 0 Å². The van der Waals surface area contributed by atoms with Crippen LogP contribution < -0.4 is 5.32 Å². The first-order valence-corrected chi connectivity index (χ1v) is 5.55. The van der Waals surface area contributed by atoms with Gasteiger partial charge in [-0.1, -0.05) is 17.8 Å². The van der Waals surface area contributed by atoms with Gasteiger partial charge in [-0.15, -0.1) is 0 Å². The second-order valence-corrected chi connectivity index (χ2v) is 4.45. The molecular weight excluding hydrogens is 212 g/mol. The van der Waals surface area contributed by atoms with Crippen LogP contribution in [0.4, 0.5) is 0 Å². The molecule has 1 aliphatic rings. The molecule has 1 unspecified atom stereocenters. The Hall–Kier alpha value is -1.36. The predicted octanol–water partition coefficient (Wildman–Crippen LogP) is 0.979. The largest absolute Gasteiger partial charge is 0.295 e. The summed E-state index contributed by atoms with van der Waals surface area (Å²) in [6.07, 6.45) is 2.69. The molecule has 0 spiro atoms. The Morgan fingerprint density at radius 2 is 2.27 bits per heavy atom. The Bertz CT molecular complexity index is 380. The Labute approximate surface area is 91.5 Å². The van der Waals surface area contributed by atoms with E-state index in [1.165, 1.54) is 11.8 Å². The van der Waals surface area contributed by atoms with Crippen molar-refractivity contribution >= 4 is 23.6 Å². The first kappa shape index (κ1) is 10.2. The Morgan fingerprint density at radius 1 is 1.40 bits per heavy atom. The van der Waals surface area contributed by atoms with Gasteiger partial charge < -0.3 is 0 Å². The van der Waals surface area contributed by atoms with E-state index < -0.39 is 0 Å². The van der Waals surface area contributed by atoms with Gasteiger partial charge in [-0.2, -0.15) is 0 Å². The highest BCUT2D eigenvalue weighted by molar-refractivity contribution is 8.00. The summed E-state index contributed by atoms with van der Waals surface area (Å²) in [4.78, 5) is 26.5. The topological polar surface area (TPSA) is 59.1 Å². The van der Waals surface area contributed by atoms with E-state index in [0.717, 1.165) is 5.03 Å². The maximum Gasteiger partial charge on any atom is 0.240 e. The summed E-state index contributed by atoms with van der Waals surface area (Å²) in [5.74, 6) is -0.389. The van der Waals surface area contributed by atoms with Crippen LogP contribution in [-0.2, 0) is 9.59 Å². The van der Waals surface area contributed by atoms with Gasteiger partial charge in [0.1, 0.15) is 0 Å². The molecule has 1 fully saturated rings. The highest BCUT2D eigenvalue weighted by Crippen LogP contribution is 2.26. The van der Waals surface area contributed by atoms with E-state index in [1.807, 2.05) is 18.2 Å². The Balaban J connectivity index is 2.01. The number of aromatic nitrogens is 1. The molecule has 78 valence electrons. The van der Waals surface area contributed by atoms with Crippen molar-refractivity contribution in [3.8, 4) is 0 Å². The third-order valence-electron chi connectivity index (χ3n) is 2.09. The zero-order valence-electron chi connectivity index (χ0n) is 7.97. The number of carbonyl (C=O) groups is 2. The van der Waals surface area contributed by atoms with Gasteiger partial charge in [0.25, 0.3) is 0 Å². The monoisotopic (exact) mass is 222 g/mol. The van der Waals surface area contributed by atoms with Crippen molar-refractivity contribution in [2.45, 2.75) is 23.1 Å². The summed E-state index contributed by atoms with van der Waals surface area (Å²) < 4.78 is 0. The van der Waals surface area contributed by atoms with E-state index in [-0.39, 0.29) is 17.1 Å². The molecule has 1 atom stereocenters. The molecular formula is C10H10N2O2S. The minimum atomic E-state index is -0.207. The predicted molar refractivity (Wildman–Crippen MR) is 56.3 cm³/mol. The summed E-state index contributed by atoms with van der Waals surface area (Å²) in [5, 5.41) is 2.94. The second-order valence-electron chi connectivity index (χ2n) is 3.23. The van der Waals surface area contributed by atoms with Crippen LogP contribution in [0.25, 0.3) is 0 Å². The molecule has 1 saturated heterocycles. The number of imide groups is 1. The van der Waals surface area contributed by atoms with Gasteiger partial charge in [-0.05, 0) is 18.6 Å². The quantitative estimate of drug-likeness (QED) is 0.758. The number of pyridine rings is 1. The van der Waals surface area contributed by atoms with E-state index >= 15 is 0 Å². The first-order chi connectivity index (χ1) is 7.25. The maximum absolute atomic E-state index is 11.4. The van der Waals surface area contributed by atoms with Gasteiger partial charge in [-0.25, -0.2) is 4.98 Å². The Kier molecular flexibility index (Phi) is 3.01. The van der Waals surface area contributed by atoms with Gasteiger partial charge in [0, 0.05) is 12.6 Å². The van der Waals surface area contributed by atoms with Gasteiger partial charge in [-0.3, -0.25) is 14.9 Å². The Morgan fingerprint density at radius 3 is 2.93 bits per heavy atom. The van der Waals surface area contributed by atoms with Crippen molar-refractivity contribution in [2.75, 3.05) is 0 Å². The molecule has 0 bridgehead atoms. The molecule has 0 radical (unpaired) electrons. The summed E-state index contributed by atoms with van der Waals surface area (Å²) in [6.45, 7) is 0. The van der Waals surface area contributed by atoms with Crippen LogP contribution in [0.1, 0.15) is 12.8 Å². The van der Waals surface area contributed by atoms with Crippen LogP contribution in [0.2, 0.25) is 0 Å². The van der Waals surface area contributed by atoms with Gasteiger partial charge in [0.05, 0.1) is 10.3 Å². The molecule has 5 heteroatoms. The third kappa shape index (κ3) is 2.56. The lowest BCUT2D eigenvalue weighted by Crippen LogP contribution is -2.42. The van der Waals surface area contributed by atoms with Gasteiger partial charge >= 0.3 is 0 Å². The summed E-state index contributed by atoms with van der Waals surface area (Å²) in [5.41, 5.74) is 0. The minimum absolute atomic E-state index is 0.183. The SMILES string of the molecule is O=C1CCC(Sc2ccccn2)C(=O)N1. The number of hydrogen-bond acceptors (Lipinski definition) is 4. The molecule has 15 heavy (non-hydrogen) atoms. The number of thioether (sulfide) groups is 1. The van der Waals surface area contributed by atoms with Crippen LogP contribution in [0.5, 0.6) is 0 Å². The molecule has 0 aromatic carbocycles. The van der Waals surface area contributed by atoms with Gasteiger partial charge in [0.2, 0.25) is 11.8 Å². The lowest BCUT2D eigenvalue weighted by atomic mass is 10.1. The molecule has 1 aromatic heterocycles. The fraction of sp³-hybridized carbons (Fsp3) is 0.300. The highest BCUT2D eigenvalue weighted by atomic mass is 32.2. The molecule has 4 nitrogen and oxygen atoms in total. The summed E-state index contributed by atoms with van der Waals surface area (Å²) >= 11 is 1.40. The van der Waals surface area contributed by atoms with Crippen LogP contribution >= 0.6 is 11.8 Å². The third-order valence-corrected chi connectivity index (χ3v) is 3.31.